The minimum atomic E-state index is 0.611. The van der Waals surface area contributed by atoms with Crippen molar-refractivity contribution in [3.63, 3.8) is 0 Å². The first-order valence-corrected chi connectivity index (χ1v) is 14.0. The van der Waals surface area contributed by atoms with Gasteiger partial charge < -0.3 is 19.9 Å². The minimum Gasteiger partial charge on any atom is -0.378 e. The molecule has 0 saturated carbocycles. The molecule has 0 bridgehead atoms. The highest BCUT2D eigenvalue weighted by atomic mass is 16.5. The standard InChI is InChI=1S/C20H21N5O.C11H17N3O/c1-13-6-15(12-26)8-22-20(13)25-5-4-19-17(10-25)7-16(9-21-19)18-11-24(3)23-14(18)2;1-12-8-10-2-3-11(13-9-10)14-4-6-15-7-5-14/h6-9,11-12H,4-5,10H2,1-3H3;2-3,9,12H,4-8H2,1H3. The lowest BCUT2D eigenvalue weighted by Crippen LogP contribution is -2.36. The van der Waals surface area contributed by atoms with Gasteiger partial charge in [-0.2, -0.15) is 5.10 Å². The van der Waals surface area contributed by atoms with Crippen molar-refractivity contribution in [3.8, 4) is 11.1 Å². The molecule has 1 N–H and O–H groups in total. The van der Waals surface area contributed by atoms with E-state index in [1.165, 1.54) is 11.1 Å². The van der Waals surface area contributed by atoms with Gasteiger partial charge in [-0.05, 0) is 55.8 Å². The zero-order chi connectivity index (χ0) is 28.8. The summed E-state index contributed by atoms with van der Waals surface area (Å²) in [6, 6.07) is 8.30. The molecule has 0 radical (unpaired) electrons. The zero-order valence-electron chi connectivity index (χ0n) is 24.3. The Labute approximate surface area is 241 Å². The van der Waals surface area contributed by atoms with E-state index in [1.807, 2.05) is 57.3 Å². The largest absolute Gasteiger partial charge is 0.378 e. The Morgan fingerprint density at radius 2 is 1.83 bits per heavy atom. The van der Waals surface area contributed by atoms with Crippen molar-refractivity contribution in [2.45, 2.75) is 33.4 Å². The van der Waals surface area contributed by atoms with Gasteiger partial charge in [-0.3, -0.25) is 14.5 Å². The van der Waals surface area contributed by atoms with E-state index in [9.17, 15) is 4.79 Å². The van der Waals surface area contributed by atoms with Crippen LogP contribution in [0.25, 0.3) is 11.1 Å². The van der Waals surface area contributed by atoms with E-state index < -0.39 is 0 Å². The molecule has 6 rings (SSSR count). The van der Waals surface area contributed by atoms with E-state index in [-0.39, 0.29) is 0 Å². The van der Waals surface area contributed by atoms with Crippen molar-refractivity contribution >= 4 is 17.9 Å². The van der Waals surface area contributed by atoms with Crippen LogP contribution in [-0.2, 0) is 31.3 Å². The van der Waals surface area contributed by atoms with E-state index in [4.69, 9.17) is 9.72 Å². The molecule has 4 aromatic rings. The number of rotatable bonds is 6. The Balaban J connectivity index is 0.000000191. The summed E-state index contributed by atoms with van der Waals surface area (Å²) < 4.78 is 7.14. The molecule has 0 aliphatic carbocycles. The van der Waals surface area contributed by atoms with Crippen molar-refractivity contribution < 1.29 is 9.53 Å². The number of fused-ring (bicyclic) bond motifs is 1. The average Bonchev–Trinajstić information content (AvgIpc) is 3.35. The summed E-state index contributed by atoms with van der Waals surface area (Å²) in [5.74, 6) is 1.99. The number of anilines is 2. The van der Waals surface area contributed by atoms with E-state index >= 15 is 0 Å². The molecule has 4 aromatic heterocycles. The molecule has 6 heterocycles. The lowest BCUT2D eigenvalue weighted by Gasteiger charge is -2.30. The van der Waals surface area contributed by atoms with E-state index in [0.29, 0.717) is 5.56 Å². The number of carbonyl (C=O) groups is 1. The Morgan fingerprint density at radius 1 is 1.00 bits per heavy atom. The number of aromatic nitrogens is 5. The fraction of sp³-hybridized carbons (Fsp3) is 0.387. The number of pyridine rings is 3. The number of ether oxygens (including phenoxy) is 1. The first-order chi connectivity index (χ1) is 19.9. The highest BCUT2D eigenvalue weighted by molar-refractivity contribution is 5.75. The molecule has 41 heavy (non-hydrogen) atoms. The summed E-state index contributed by atoms with van der Waals surface area (Å²) >= 11 is 0. The second kappa shape index (κ2) is 13.0. The maximum Gasteiger partial charge on any atom is 0.151 e. The number of morpholine rings is 1. The van der Waals surface area contributed by atoms with Crippen LogP contribution in [0.15, 0.2) is 49.1 Å². The zero-order valence-corrected chi connectivity index (χ0v) is 24.3. The van der Waals surface area contributed by atoms with E-state index in [2.05, 4.69) is 48.4 Å². The molecular formula is C31H38N8O2. The number of nitrogens with zero attached hydrogens (tertiary/aromatic N) is 7. The van der Waals surface area contributed by atoms with Crippen LogP contribution >= 0.6 is 0 Å². The van der Waals surface area contributed by atoms with Gasteiger partial charge in [-0.25, -0.2) is 9.97 Å². The molecule has 2 aliphatic heterocycles. The molecule has 10 heteroatoms. The predicted molar refractivity (Wildman–Crippen MR) is 160 cm³/mol. The van der Waals surface area contributed by atoms with Gasteiger partial charge >= 0.3 is 0 Å². The molecule has 0 aromatic carbocycles. The second-order valence-electron chi connectivity index (χ2n) is 10.5. The van der Waals surface area contributed by atoms with Crippen LogP contribution in [0.5, 0.6) is 0 Å². The third-order valence-electron chi connectivity index (χ3n) is 7.40. The molecule has 1 fully saturated rings. The number of aryl methyl sites for hydroxylation is 3. The topological polar surface area (TPSA) is 101 Å². The highest BCUT2D eigenvalue weighted by Gasteiger charge is 2.21. The Kier molecular flexibility index (Phi) is 9.01. The molecule has 10 nitrogen and oxygen atoms in total. The van der Waals surface area contributed by atoms with Crippen molar-refractivity contribution in [1.29, 1.82) is 0 Å². The lowest BCUT2D eigenvalue weighted by atomic mass is 10.0. The summed E-state index contributed by atoms with van der Waals surface area (Å²) in [5.41, 5.74) is 8.43. The molecule has 0 atom stereocenters. The molecule has 1 saturated heterocycles. The smallest absolute Gasteiger partial charge is 0.151 e. The second-order valence-corrected chi connectivity index (χ2v) is 10.5. The first-order valence-electron chi connectivity index (χ1n) is 14.0. The monoisotopic (exact) mass is 554 g/mol. The number of carbonyl (C=O) groups excluding carboxylic acids is 1. The van der Waals surface area contributed by atoms with E-state index in [1.54, 1.807) is 6.20 Å². The van der Waals surface area contributed by atoms with Gasteiger partial charge in [-0.15, -0.1) is 0 Å². The van der Waals surface area contributed by atoms with Crippen LogP contribution in [0, 0.1) is 13.8 Å². The Bertz CT molecular complexity index is 1480. The third kappa shape index (κ3) is 6.78. The molecule has 0 spiro atoms. The van der Waals surface area contributed by atoms with Crippen LogP contribution in [0.2, 0.25) is 0 Å². The Morgan fingerprint density at radius 3 is 2.49 bits per heavy atom. The number of nitrogens with one attached hydrogen (secondary N) is 1. The summed E-state index contributed by atoms with van der Waals surface area (Å²) in [7, 11) is 3.87. The van der Waals surface area contributed by atoms with Crippen molar-refractivity contribution in [2.24, 2.45) is 7.05 Å². The third-order valence-corrected chi connectivity index (χ3v) is 7.40. The van der Waals surface area contributed by atoms with Gasteiger partial charge in [0.25, 0.3) is 0 Å². The average molecular weight is 555 g/mol. The normalized spacial score (nSPS) is 14.7. The molecule has 214 valence electrons. The number of hydrogen-bond donors (Lipinski definition) is 1. The van der Waals surface area contributed by atoms with Crippen molar-refractivity contribution in [1.82, 2.24) is 30.0 Å². The minimum absolute atomic E-state index is 0.611. The fourth-order valence-electron chi connectivity index (χ4n) is 5.33. The first kappa shape index (κ1) is 28.4. The van der Waals surface area contributed by atoms with Gasteiger partial charge in [0, 0.05) is 93.4 Å². The quantitative estimate of drug-likeness (QED) is 0.359. The van der Waals surface area contributed by atoms with Crippen LogP contribution in [0.1, 0.15) is 38.4 Å². The van der Waals surface area contributed by atoms with Crippen molar-refractivity contribution in [2.75, 3.05) is 49.7 Å². The summed E-state index contributed by atoms with van der Waals surface area (Å²) in [6.45, 7) is 10.0. The van der Waals surface area contributed by atoms with Gasteiger partial charge in [0.2, 0.25) is 0 Å². The molecule has 2 aliphatic rings. The molecular weight excluding hydrogens is 516 g/mol. The summed E-state index contributed by atoms with van der Waals surface area (Å²) in [5, 5.41) is 7.54. The Hall–Kier alpha value is -4.15. The van der Waals surface area contributed by atoms with Gasteiger partial charge in [0.05, 0.1) is 18.9 Å². The van der Waals surface area contributed by atoms with Crippen LogP contribution < -0.4 is 15.1 Å². The number of aldehydes is 1. The van der Waals surface area contributed by atoms with Crippen molar-refractivity contribution in [3.05, 3.63) is 82.7 Å². The van der Waals surface area contributed by atoms with Gasteiger partial charge in [0.1, 0.15) is 11.6 Å². The molecule has 0 unspecified atom stereocenters. The maximum absolute atomic E-state index is 10.9. The maximum atomic E-state index is 10.9. The lowest BCUT2D eigenvalue weighted by molar-refractivity contribution is 0.112. The fourth-order valence-corrected chi connectivity index (χ4v) is 5.33. The van der Waals surface area contributed by atoms with E-state index in [0.717, 1.165) is 98.4 Å². The van der Waals surface area contributed by atoms with Gasteiger partial charge in [0.15, 0.2) is 6.29 Å². The summed E-state index contributed by atoms with van der Waals surface area (Å²) in [6.07, 6.45) is 9.27. The number of hydrogen-bond acceptors (Lipinski definition) is 9. The van der Waals surface area contributed by atoms with Crippen LogP contribution in [0.3, 0.4) is 0 Å². The molecule has 0 amide bonds. The predicted octanol–water partition coefficient (Wildman–Crippen LogP) is 3.51. The highest BCUT2D eigenvalue weighted by Crippen LogP contribution is 2.29. The van der Waals surface area contributed by atoms with Crippen LogP contribution in [-0.4, -0.2) is 70.9 Å². The van der Waals surface area contributed by atoms with Crippen LogP contribution in [0.4, 0.5) is 11.6 Å². The van der Waals surface area contributed by atoms with Gasteiger partial charge in [-0.1, -0.05) is 6.07 Å². The summed E-state index contributed by atoms with van der Waals surface area (Å²) in [4.78, 5) is 29.1. The SMILES string of the molecule is CNCc1ccc(N2CCOCC2)nc1.Cc1cc(C=O)cnc1N1CCc2ncc(-c3cn(C)nc3C)cc2C1.